The van der Waals surface area contributed by atoms with Crippen LogP contribution in [0.3, 0.4) is 0 Å². The van der Waals surface area contributed by atoms with E-state index in [0.717, 1.165) is 12.5 Å². The van der Waals surface area contributed by atoms with Gasteiger partial charge in [-0.15, -0.1) is 0 Å². The number of β-amino-alcohol motifs (C(OH)–C–C–N with tert-alkyl or cyclic N) is 1. The third-order valence-corrected chi connectivity index (χ3v) is 4.38. The lowest BCUT2D eigenvalue weighted by Gasteiger charge is -2.35. The standard InChI is InChI=1S/C14H27NO/c1-12-6-5-9-15(10-12)11-14(16)13-7-3-2-4-8-13/h12-14,16H,2-11H2,1H3. The van der Waals surface area contributed by atoms with Gasteiger partial charge in [-0.3, -0.25) is 0 Å². The van der Waals surface area contributed by atoms with Crippen molar-refractivity contribution in [3.05, 3.63) is 0 Å². The second kappa shape index (κ2) is 6.02. The molecule has 0 amide bonds. The molecular weight excluding hydrogens is 198 g/mol. The van der Waals surface area contributed by atoms with Crippen LogP contribution in [0, 0.1) is 11.8 Å². The first-order valence-corrected chi connectivity index (χ1v) is 7.16. The molecule has 1 N–H and O–H groups in total. The van der Waals surface area contributed by atoms with Crippen LogP contribution in [0.4, 0.5) is 0 Å². The van der Waals surface area contributed by atoms with Crippen molar-refractivity contribution < 1.29 is 5.11 Å². The molecule has 1 saturated carbocycles. The van der Waals surface area contributed by atoms with E-state index < -0.39 is 0 Å². The first-order chi connectivity index (χ1) is 7.75. The zero-order valence-electron chi connectivity index (χ0n) is 10.7. The van der Waals surface area contributed by atoms with E-state index in [1.54, 1.807) is 0 Å². The SMILES string of the molecule is CC1CCCN(CC(O)C2CCCCC2)C1. The van der Waals surface area contributed by atoms with Gasteiger partial charge in [0, 0.05) is 13.1 Å². The summed E-state index contributed by atoms with van der Waals surface area (Å²) in [6, 6.07) is 0. The minimum atomic E-state index is -0.0643. The summed E-state index contributed by atoms with van der Waals surface area (Å²) in [4.78, 5) is 2.48. The Morgan fingerprint density at radius 3 is 2.56 bits per heavy atom. The van der Waals surface area contributed by atoms with Gasteiger partial charge in [-0.1, -0.05) is 26.2 Å². The first-order valence-electron chi connectivity index (χ1n) is 7.16. The lowest BCUT2D eigenvalue weighted by atomic mass is 9.85. The summed E-state index contributed by atoms with van der Waals surface area (Å²) >= 11 is 0. The van der Waals surface area contributed by atoms with Gasteiger partial charge in [0.15, 0.2) is 0 Å². The maximum absolute atomic E-state index is 10.3. The van der Waals surface area contributed by atoms with E-state index in [4.69, 9.17) is 0 Å². The van der Waals surface area contributed by atoms with Gasteiger partial charge in [0.1, 0.15) is 0 Å². The zero-order valence-corrected chi connectivity index (χ0v) is 10.7. The van der Waals surface area contributed by atoms with E-state index in [9.17, 15) is 5.11 Å². The Balaban J connectivity index is 1.74. The van der Waals surface area contributed by atoms with Gasteiger partial charge in [0.25, 0.3) is 0 Å². The molecule has 0 aromatic heterocycles. The summed E-state index contributed by atoms with van der Waals surface area (Å²) in [6.07, 6.45) is 9.18. The average Bonchev–Trinajstić information content (AvgIpc) is 2.30. The summed E-state index contributed by atoms with van der Waals surface area (Å²) in [5.41, 5.74) is 0. The van der Waals surface area contributed by atoms with Gasteiger partial charge < -0.3 is 10.0 Å². The Morgan fingerprint density at radius 2 is 1.88 bits per heavy atom. The van der Waals surface area contributed by atoms with Crippen LogP contribution in [0.15, 0.2) is 0 Å². The molecule has 2 rings (SSSR count). The number of piperidine rings is 1. The molecule has 2 aliphatic rings. The molecule has 16 heavy (non-hydrogen) atoms. The molecule has 0 radical (unpaired) electrons. The third-order valence-electron chi connectivity index (χ3n) is 4.38. The molecule has 1 saturated heterocycles. The maximum Gasteiger partial charge on any atom is 0.0695 e. The van der Waals surface area contributed by atoms with E-state index in [0.29, 0.717) is 5.92 Å². The van der Waals surface area contributed by atoms with Crippen LogP contribution in [0.25, 0.3) is 0 Å². The zero-order chi connectivity index (χ0) is 11.4. The van der Waals surface area contributed by atoms with Crippen LogP contribution in [0.5, 0.6) is 0 Å². The van der Waals surface area contributed by atoms with Crippen molar-refractivity contribution in [3.63, 3.8) is 0 Å². The molecule has 2 nitrogen and oxygen atoms in total. The van der Waals surface area contributed by atoms with Crippen molar-refractivity contribution >= 4 is 0 Å². The molecular formula is C14H27NO. The Kier molecular flexibility index (Phi) is 4.66. The summed E-state index contributed by atoms with van der Waals surface area (Å²) in [5, 5.41) is 10.3. The molecule has 1 heterocycles. The fourth-order valence-electron chi connectivity index (χ4n) is 3.39. The Labute approximate surface area is 100 Å². The number of hydrogen-bond acceptors (Lipinski definition) is 2. The van der Waals surface area contributed by atoms with E-state index in [-0.39, 0.29) is 6.10 Å². The third kappa shape index (κ3) is 3.46. The fraction of sp³-hybridized carbons (Fsp3) is 1.00. The molecule has 0 aromatic carbocycles. The number of hydrogen-bond donors (Lipinski definition) is 1. The number of aliphatic hydroxyl groups excluding tert-OH is 1. The molecule has 1 aliphatic heterocycles. The van der Waals surface area contributed by atoms with E-state index in [1.165, 1.54) is 58.0 Å². The highest BCUT2D eigenvalue weighted by Crippen LogP contribution is 2.27. The summed E-state index contributed by atoms with van der Waals surface area (Å²) in [6.45, 7) is 5.66. The smallest absolute Gasteiger partial charge is 0.0695 e. The van der Waals surface area contributed by atoms with Gasteiger partial charge in [-0.05, 0) is 44.1 Å². The minimum absolute atomic E-state index is 0.0643. The minimum Gasteiger partial charge on any atom is -0.392 e. The molecule has 94 valence electrons. The number of likely N-dealkylation sites (tertiary alicyclic amines) is 1. The molecule has 2 atom stereocenters. The predicted octanol–water partition coefficient (Wildman–Crippen LogP) is 2.66. The summed E-state index contributed by atoms with van der Waals surface area (Å²) in [5.74, 6) is 1.42. The highest BCUT2D eigenvalue weighted by atomic mass is 16.3. The van der Waals surface area contributed by atoms with Gasteiger partial charge in [0.2, 0.25) is 0 Å². The summed E-state index contributed by atoms with van der Waals surface area (Å²) < 4.78 is 0. The lowest BCUT2D eigenvalue weighted by molar-refractivity contribution is 0.0352. The summed E-state index contributed by atoms with van der Waals surface area (Å²) in [7, 11) is 0. The van der Waals surface area contributed by atoms with Crippen molar-refractivity contribution in [1.82, 2.24) is 4.90 Å². The Hall–Kier alpha value is -0.0800. The van der Waals surface area contributed by atoms with Gasteiger partial charge in [0.05, 0.1) is 6.10 Å². The second-order valence-corrected chi connectivity index (χ2v) is 5.97. The quantitative estimate of drug-likeness (QED) is 0.798. The molecule has 0 aromatic rings. The molecule has 2 heteroatoms. The topological polar surface area (TPSA) is 23.5 Å². The van der Waals surface area contributed by atoms with Crippen molar-refractivity contribution in [3.8, 4) is 0 Å². The Bertz CT molecular complexity index is 201. The van der Waals surface area contributed by atoms with E-state index >= 15 is 0 Å². The second-order valence-electron chi connectivity index (χ2n) is 5.97. The van der Waals surface area contributed by atoms with Gasteiger partial charge in [-0.2, -0.15) is 0 Å². The van der Waals surface area contributed by atoms with Crippen LogP contribution in [0.1, 0.15) is 51.9 Å². The normalized spacial score (nSPS) is 31.5. The van der Waals surface area contributed by atoms with Crippen LogP contribution >= 0.6 is 0 Å². The molecule has 2 unspecified atom stereocenters. The molecule has 0 spiro atoms. The van der Waals surface area contributed by atoms with Crippen LogP contribution in [-0.2, 0) is 0 Å². The molecule has 2 fully saturated rings. The predicted molar refractivity (Wildman–Crippen MR) is 67.4 cm³/mol. The van der Waals surface area contributed by atoms with Crippen molar-refractivity contribution in [2.75, 3.05) is 19.6 Å². The number of rotatable bonds is 3. The maximum atomic E-state index is 10.3. The molecule has 0 bridgehead atoms. The highest BCUT2D eigenvalue weighted by molar-refractivity contribution is 4.78. The van der Waals surface area contributed by atoms with Gasteiger partial charge in [-0.25, -0.2) is 0 Å². The Morgan fingerprint density at radius 1 is 1.12 bits per heavy atom. The number of aliphatic hydroxyl groups is 1. The lowest BCUT2D eigenvalue weighted by Crippen LogP contribution is -2.42. The highest BCUT2D eigenvalue weighted by Gasteiger charge is 2.25. The van der Waals surface area contributed by atoms with Crippen LogP contribution in [0.2, 0.25) is 0 Å². The van der Waals surface area contributed by atoms with Crippen molar-refractivity contribution in [2.24, 2.45) is 11.8 Å². The first kappa shape index (κ1) is 12.4. The fourth-order valence-corrected chi connectivity index (χ4v) is 3.39. The van der Waals surface area contributed by atoms with E-state index in [1.807, 2.05) is 0 Å². The van der Waals surface area contributed by atoms with Crippen molar-refractivity contribution in [2.45, 2.75) is 58.0 Å². The average molecular weight is 225 g/mol. The largest absolute Gasteiger partial charge is 0.392 e. The van der Waals surface area contributed by atoms with Gasteiger partial charge >= 0.3 is 0 Å². The van der Waals surface area contributed by atoms with Crippen molar-refractivity contribution in [1.29, 1.82) is 0 Å². The monoisotopic (exact) mass is 225 g/mol. The van der Waals surface area contributed by atoms with E-state index in [2.05, 4.69) is 11.8 Å². The van der Waals surface area contributed by atoms with Crippen LogP contribution in [-0.4, -0.2) is 35.7 Å². The number of nitrogens with zero attached hydrogens (tertiary/aromatic N) is 1. The van der Waals surface area contributed by atoms with Crippen LogP contribution < -0.4 is 0 Å². The molecule has 1 aliphatic carbocycles.